The zero-order valence-electron chi connectivity index (χ0n) is 11.2. The van der Waals surface area contributed by atoms with Gasteiger partial charge in [0.25, 0.3) is 5.91 Å². The fraction of sp³-hybridized carbons (Fsp3) is 0.200. The van der Waals surface area contributed by atoms with Crippen molar-refractivity contribution in [2.24, 2.45) is 5.73 Å². The smallest absolute Gasteiger partial charge is 0.257 e. The largest absolute Gasteiger partial charge is 0.367 e. The minimum atomic E-state index is -0.722. The molecule has 0 saturated carbocycles. The van der Waals surface area contributed by atoms with Gasteiger partial charge in [0, 0.05) is 25.0 Å². The molecular formula is C15H17N3O2. The Morgan fingerprint density at radius 2 is 2.00 bits per heavy atom. The van der Waals surface area contributed by atoms with Gasteiger partial charge in [-0.25, -0.2) is 0 Å². The van der Waals surface area contributed by atoms with Gasteiger partial charge in [-0.05, 0) is 12.5 Å². The van der Waals surface area contributed by atoms with Crippen LogP contribution < -0.4 is 16.5 Å². The first kappa shape index (κ1) is 14.0. The summed E-state index contributed by atoms with van der Waals surface area (Å²) in [4.78, 5) is 26.6. The normalized spacial score (nSPS) is 13.5. The lowest BCUT2D eigenvalue weighted by molar-refractivity contribution is 0.0906. The van der Waals surface area contributed by atoms with Crippen LogP contribution in [0, 0.1) is 0 Å². The molecule has 20 heavy (non-hydrogen) atoms. The minimum absolute atomic E-state index is 0.0723. The van der Waals surface area contributed by atoms with Crippen molar-refractivity contribution in [2.45, 2.75) is 12.5 Å². The quantitative estimate of drug-likeness (QED) is 0.774. The molecule has 0 spiro atoms. The number of aromatic nitrogens is 1. The lowest BCUT2D eigenvalue weighted by Gasteiger charge is -2.30. The Hall–Kier alpha value is -2.40. The number of hydrogen-bond acceptors (Lipinski definition) is 3. The first-order valence-corrected chi connectivity index (χ1v) is 6.32. The van der Waals surface area contributed by atoms with E-state index in [1.54, 1.807) is 0 Å². The maximum absolute atomic E-state index is 12.2. The molecular weight excluding hydrogens is 254 g/mol. The van der Waals surface area contributed by atoms with Crippen molar-refractivity contribution in [3.05, 3.63) is 70.1 Å². The lowest BCUT2D eigenvalue weighted by Crippen LogP contribution is -2.49. The summed E-state index contributed by atoms with van der Waals surface area (Å²) in [6.07, 6.45) is 2.87. The van der Waals surface area contributed by atoms with E-state index in [1.165, 1.54) is 18.5 Å². The number of pyridine rings is 1. The van der Waals surface area contributed by atoms with Gasteiger partial charge in [-0.3, -0.25) is 9.59 Å². The van der Waals surface area contributed by atoms with Gasteiger partial charge in [-0.1, -0.05) is 30.3 Å². The molecule has 1 aromatic carbocycles. The Morgan fingerprint density at radius 3 is 2.60 bits per heavy atom. The molecule has 0 aliphatic carbocycles. The summed E-state index contributed by atoms with van der Waals surface area (Å²) in [6, 6.07) is 10.8. The number of carbonyl (C=O) groups excluding carboxylic acids is 1. The molecule has 1 atom stereocenters. The number of rotatable bonds is 4. The molecule has 1 unspecified atom stereocenters. The molecule has 104 valence electrons. The molecule has 1 heterocycles. The van der Waals surface area contributed by atoms with Crippen LogP contribution in [0.2, 0.25) is 0 Å². The third-order valence-electron chi connectivity index (χ3n) is 3.28. The Balaban J connectivity index is 2.29. The third-order valence-corrected chi connectivity index (χ3v) is 3.28. The molecule has 1 aromatic heterocycles. The molecule has 0 saturated heterocycles. The fourth-order valence-electron chi connectivity index (χ4n) is 1.96. The molecule has 2 rings (SSSR count). The Labute approximate surface area is 116 Å². The summed E-state index contributed by atoms with van der Waals surface area (Å²) in [6.45, 7) is 2.06. The number of carbonyl (C=O) groups is 1. The van der Waals surface area contributed by atoms with Crippen molar-refractivity contribution >= 4 is 5.91 Å². The number of H-pyrrole nitrogens is 1. The SMILES string of the molecule is CC(CN)(NC(=O)c1c[nH]ccc1=O)c1ccccc1. The zero-order chi connectivity index (χ0) is 14.6. The zero-order valence-corrected chi connectivity index (χ0v) is 11.2. The second kappa shape index (κ2) is 5.71. The molecule has 5 nitrogen and oxygen atoms in total. The van der Waals surface area contributed by atoms with Gasteiger partial charge >= 0.3 is 0 Å². The van der Waals surface area contributed by atoms with E-state index in [2.05, 4.69) is 10.3 Å². The topological polar surface area (TPSA) is 88.0 Å². The Bertz CT molecular complexity index is 651. The maximum Gasteiger partial charge on any atom is 0.257 e. The average Bonchev–Trinajstić information content (AvgIpc) is 2.48. The van der Waals surface area contributed by atoms with E-state index in [0.717, 1.165) is 5.56 Å². The van der Waals surface area contributed by atoms with Crippen molar-refractivity contribution in [1.82, 2.24) is 10.3 Å². The van der Waals surface area contributed by atoms with E-state index in [-0.39, 0.29) is 17.5 Å². The standard InChI is InChI=1S/C15H17N3O2/c1-15(10-16,11-5-3-2-4-6-11)18-14(20)12-9-17-8-7-13(12)19/h2-9H,10,16H2,1H3,(H,17,19)(H,18,20). The van der Waals surface area contributed by atoms with Crippen molar-refractivity contribution in [3.8, 4) is 0 Å². The van der Waals surface area contributed by atoms with Gasteiger partial charge < -0.3 is 16.0 Å². The van der Waals surface area contributed by atoms with Crippen LogP contribution >= 0.6 is 0 Å². The molecule has 1 amide bonds. The van der Waals surface area contributed by atoms with Crippen molar-refractivity contribution in [3.63, 3.8) is 0 Å². The minimum Gasteiger partial charge on any atom is -0.367 e. The predicted molar refractivity (Wildman–Crippen MR) is 77.4 cm³/mol. The summed E-state index contributed by atoms with van der Waals surface area (Å²) < 4.78 is 0. The summed E-state index contributed by atoms with van der Waals surface area (Å²) in [5, 5.41) is 2.83. The van der Waals surface area contributed by atoms with E-state index in [9.17, 15) is 9.59 Å². The van der Waals surface area contributed by atoms with Crippen LogP contribution in [0.15, 0.2) is 53.6 Å². The molecule has 0 aliphatic rings. The number of aromatic amines is 1. The Morgan fingerprint density at radius 1 is 1.30 bits per heavy atom. The molecule has 0 bridgehead atoms. The van der Waals surface area contributed by atoms with E-state index in [0.29, 0.717) is 0 Å². The monoisotopic (exact) mass is 271 g/mol. The van der Waals surface area contributed by atoms with Gasteiger partial charge in [0.2, 0.25) is 0 Å². The van der Waals surface area contributed by atoms with Crippen LogP contribution in [0.25, 0.3) is 0 Å². The summed E-state index contributed by atoms with van der Waals surface area (Å²) in [7, 11) is 0. The highest BCUT2D eigenvalue weighted by Gasteiger charge is 2.27. The number of hydrogen-bond donors (Lipinski definition) is 3. The number of nitrogens with two attached hydrogens (primary N) is 1. The van der Waals surface area contributed by atoms with Crippen LogP contribution in [-0.4, -0.2) is 17.4 Å². The predicted octanol–water partition coefficient (Wildman–Crippen LogP) is 0.979. The van der Waals surface area contributed by atoms with Crippen molar-refractivity contribution in [1.29, 1.82) is 0 Å². The lowest BCUT2D eigenvalue weighted by atomic mass is 9.91. The van der Waals surface area contributed by atoms with Crippen LogP contribution in [0.5, 0.6) is 0 Å². The van der Waals surface area contributed by atoms with Gasteiger partial charge in [0.05, 0.1) is 5.54 Å². The maximum atomic E-state index is 12.2. The van der Waals surface area contributed by atoms with Gasteiger partial charge in [-0.2, -0.15) is 0 Å². The van der Waals surface area contributed by atoms with Crippen molar-refractivity contribution < 1.29 is 4.79 Å². The average molecular weight is 271 g/mol. The molecule has 0 fully saturated rings. The first-order valence-electron chi connectivity index (χ1n) is 6.32. The van der Waals surface area contributed by atoms with Crippen molar-refractivity contribution in [2.75, 3.05) is 6.54 Å². The highest BCUT2D eigenvalue weighted by molar-refractivity contribution is 5.94. The second-order valence-electron chi connectivity index (χ2n) is 4.78. The second-order valence-corrected chi connectivity index (χ2v) is 4.78. The number of benzene rings is 1. The number of amides is 1. The van der Waals surface area contributed by atoms with Crippen LogP contribution in [0.1, 0.15) is 22.8 Å². The summed E-state index contributed by atoms with van der Waals surface area (Å²) in [5.74, 6) is -0.441. The van der Waals surface area contributed by atoms with Gasteiger partial charge in [-0.15, -0.1) is 0 Å². The van der Waals surface area contributed by atoms with Crippen LogP contribution in [-0.2, 0) is 5.54 Å². The molecule has 0 aliphatic heterocycles. The van der Waals surface area contributed by atoms with E-state index >= 15 is 0 Å². The first-order chi connectivity index (χ1) is 9.57. The summed E-state index contributed by atoms with van der Waals surface area (Å²) in [5.41, 5.74) is 5.72. The molecule has 2 aromatic rings. The molecule has 4 N–H and O–H groups in total. The van der Waals surface area contributed by atoms with E-state index < -0.39 is 11.4 Å². The number of nitrogens with one attached hydrogen (secondary N) is 2. The van der Waals surface area contributed by atoms with E-state index in [4.69, 9.17) is 5.73 Å². The van der Waals surface area contributed by atoms with Gasteiger partial charge in [0.1, 0.15) is 5.56 Å². The molecule has 0 radical (unpaired) electrons. The third kappa shape index (κ3) is 2.78. The highest BCUT2D eigenvalue weighted by atomic mass is 16.2. The van der Waals surface area contributed by atoms with E-state index in [1.807, 2.05) is 37.3 Å². The Kier molecular flexibility index (Phi) is 4.00. The highest BCUT2D eigenvalue weighted by Crippen LogP contribution is 2.19. The van der Waals surface area contributed by atoms with Crippen LogP contribution in [0.3, 0.4) is 0 Å². The molecule has 5 heteroatoms. The van der Waals surface area contributed by atoms with Crippen LogP contribution in [0.4, 0.5) is 0 Å². The fourth-order valence-corrected chi connectivity index (χ4v) is 1.96. The van der Waals surface area contributed by atoms with Gasteiger partial charge in [0.15, 0.2) is 5.43 Å². The summed E-state index contributed by atoms with van der Waals surface area (Å²) >= 11 is 0.